The Morgan fingerprint density at radius 2 is 1.78 bits per heavy atom. The molecule has 1 aromatic heterocycles. The Balaban J connectivity index is 1.43. The van der Waals surface area contributed by atoms with Gasteiger partial charge in [-0.3, -0.25) is 9.59 Å². The fraction of sp³-hybridized carbons (Fsp3) is 0.241. The molecule has 1 aliphatic rings. The lowest BCUT2D eigenvalue weighted by Crippen LogP contribution is -2.37. The van der Waals surface area contributed by atoms with E-state index >= 15 is 0 Å². The van der Waals surface area contributed by atoms with E-state index in [1.807, 2.05) is 0 Å². The number of carbonyl (C=O) groups is 2. The van der Waals surface area contributed by atoms with Gasteiger partial charge in [-0.1, -0.05) is 29.8 Å². The summed E-state index contributed by atoms with van der Waals surface area (Å²) in [4.78, 5) is 36.2. The minimum atomic E-state index is -4.45. The van der Waals surface area contributed by atoms with Crippen molar-refractivity contribution in [1.82, 2.24) is 15.3 Å². The number of amides is 2. The number of nitrogens with one attached hydrogen (secondary N) is 2. The number of anilines is 2. The average Bonchev–Trinajstić information content (AvgIpc) is 2.91. The molecule has 2 N–H and O–H groups in total. The van der Waals surface area contributed by atoms with Crippen LogP contribution in [0.2, 0.25) is 5.02 Å². The van der Waals surface area contributed by atoms with Crippen LogP contribution in [0.1, 0.15) is 27.9 Å². The van der Waals surface area contributed by atoms with Gasteiger partial charge in [-0.2, -0.15) is 13.2 Å². The second-order valence-corrected chi connectivity index (χ2v) is 9.90. The van der Waals surface area contributed by atoms with E-state index in [-0.39, 0.29) is 35.5 Å². The van der Waals surface area contributed by atoms with Crippen LogP contribution in [-0.4, -0.2) is 48.6 Å². The summed E-state index contributed by atoms with van der Waals surface area (Å²) in [6.07, 6.45) is -3.44. The van der Waals surface area contributed by atoms with Crippen molar-refractivity contribution in [2.45, 2.75) is 19.1 Å². The van der Waals surface area contributed by atoms with Crippen LogP contribution in [0.15, 0.2) is 60.7 Å². The van der Waals surface area contributed by atoms with Gasteiger partial charge in [-0.25, -0.2) is 9.97 Å². The van der Waals surface area contributed by atoms with Crippen molar-refractivity contribution in [1.29, 1.82) is 0 Å². The molecule has 8 nitrogen and oxygen atoms in total. The van der Waals surface area contributed by atoms with Gasteiger partial charge in [0.05, 0.1) is 21.7 Å². The normalized spacial score (nSPS) is 13.1. The number of nitrogens with zero attached hydrogens (tertiary/aromatic N) is 3. The fourth-order valence-electron chi connectivity index (χ4n) is 4.33. The van der Waals surface area contributed by atoms with Crippen LogP contribution in [-0.2, 0) is 22.3 Å². The second kappa shape index (κ2) is 11.7. The first-order valence-corrected chi connectivity index (χ1v) is 13.1. The Labute approximate surface area is 238 Å². The third-order valence-electron chi connectivity index (χ3n) is 6.60. The predicted octanol–water partition coefficient (Wildman–Crippen LogP) is 5.69. The average molecular weight is 584 g/mol. The number of hydrogen-bond acceptors (Lipinski definition) is 6. The van der Waals surface area contributed by atoms with E-state index in [4.69, 9.17) is 16.3 Å². The summed E-state index contributed by atoms with van der Waals surface area (Å²) in [5.41, 5.74) is 1.56. The highest BCUT2D eigenvalue weighted by molar-refractivity contribution is 6.34. The third-order valence-corrected chi connectivity index (χ3v) is 6.93. The first kappa shape index (κ1) is 28.3. The number of fused-ring (bicyclic) bond motifs is 1. The fourth-order valence-corrected chi connectivity index (χ4v) is 4.54. The van der Waals surface area contributed by atoms with Crippen LogP contribution in [0, 0.1) is 0 Å². The van der Waals surface area contributed by atoms with Crippen LogP contribution < -0.4 is 15.5 Å². The molecule has 0 saturated carbocycles. The lowest BCUT2D eigenvalue weighted by atomic mass is 10.1. The smallest absolute Gasteiger partial charge is 0.375 e. The Hall–Kier alpha value is -4.22. The summed E-state index contributed by atoms with van der Waals surface area (Å²) in [6.45, 7) is 1.72. The molecule has 3 aromatic carbocycles. The van der Waals surface area contributed by atoms with Crippen molar-refractivity contribution in [3.05, 3.63) is 82.4 Å². The Morgan fingerprint density at radius 3 is 2.44 bits per heavy atom. The van der Waals surface area contributed by atoms with Crippen LogP contribution in [0.25, 0.3) is 22.3 Å². The van der Waals surface area contributed by atoms with E-state index < -0.39 is 17.6 Å². The topological polar surface area (TPSA) is 96.4 Å². The number of aromatic nitrogens is 2. The predicted molar refractivity (Wildman–Crippen MR) is 150 cm³/mol. The molecule has 1 fully saturated rings. The number of halogens is 4. The van der Waals surface area contributed by atoms with E-state index in [2.05, 4.69) is 25.5 Å². The molecule has 12 heteroatoms. The molecular formula is C29H25ClF3N5O3. The molecule has 5 rings (SSSR count). The molecule has 0 spiro atoms. The lowest BCUT2D eigenvalue weighted by molar-refractivity contribution is -0.137. The first-order valence-electron chi connectivity index (χ1n) is 12.7. The van der Waals surface area contributed by atoms with Gasteiger partial charge >= 0.3 is 6.18 Å². The maximum absolute atomic E-state index is 13.2. The quantitative estimate of drug-likeness (QED) is 0.276. The van der Waals surface area contributed by atoms with Crippen LogP contribution in [0.4, 0.5) is 24.7 Å². The van der Waals surface area contributed by atoms with E-state index in [9.17, 15) is 22.8 Å². The minimum Gasteiger partial charge on any atom is -0.375 e. The maximum Gasteiger partial charge on any atom is 0.416 e. The van der Waals surface area contributed by atoms with Crippen molar-refractivity contribution < 1.29 is 27.5 Å². The Morgan fingerprint density at radius 1 is 1.02 bits per heavy atom. The highest BCUT2D eigenvalue weighted by atomic mass is 35.5. The first-order chi connectivity index (χ1) is 19.6. The van der Waals surface area contributed by atoms with Gasteiger partial charge in [0.2, 0.25) is 5.91 Å². The van der Waals surface area contributed by atoms with Crippen molar-refractivity contribution in [2.75, 3.05) is 37.0 Å². The molecule has 0 bridgehead atoms. The standard InChI is InChI=1S/C29H25ClF3N5O3/c1-41-16-25(39)34-15-17-3-10-23(30)22(13-17)28(40)35-20-8-9-21-24(14-20)36-26(37-27(21)38-11-2-12-38)18-4-6-19(7-5-18)29(31,32)33/h3-10,13-14H,2,11-12,15-16H2,1H3,(H,34,39)(H,35,40). The molecule has 0 aliphatic carbocycles. The van der Waals surface area contributed by atoms with Gasteiger partial charge in [0, 0.05) is 43.4 Å². The summed E-state index contributed by atoms with van der Waals surface area (Å²) in [5, 5.41) is 6.52. The molecule has 212 valence electrons. The molecule has 2 heterocycles. The summed E-state index contributed by atoms with van der Waals surface area (Å²) < 4.78 is 44.0. The molecule has 41 heavy (non-hydrogen) atoms. The third kappa shape index (κ3) is 6.41. The van der Waals surface area contributed by atoms with E-state index in [1.165, 1.54) is 19.2 Å². The van der Waals surface area contributed by atoms with Gasteiger partial charge in [-0.15, -0.1) is 0 Å². The highest BCUT2D eigenvalue weighted by Gasteiger charge is 2.30. The number of carbonyl (C=O) groups excluding carboxylic acids is 2. The molecule has 0 radical (unpaired) electrons. The largest absolute Gasteiger partial charge is 0.416 e. The summed E-state index contributed by atoms with van der Waals surface area (Å²) >= 11 is 6.31. The van der Waals surface area contributed by atoms with E-state index in [0.717, 1.165) is 37.0 Å². The summed E-state index contributed by atoms with van der Waals surface area (Å²) in [6, 6.07) is 14.8. The van der Waals surface area contributed by atoms with Gasteiger partial charge in [0.1, 0.15) is 12.4 Å². The maximum atomic E-state index is 13.2. The van der Waals surface area contributed by atoms with Crippen molar-refractivity contribution >= 4 is 45.8 Å². The zero-order valence-corrected chi connectivity index (χ0v) is 22.6. The molecule has 0 unspecified atom stereocenters. The van der Waals surface area contributed by atoms with E-state index in [1.54, 1.807) is 36.4 Å². The molecule has 0 atom stereocenters. The van der Waals surface area contributed by atoms with Crippen molar-refractivity contribution in [2.24, 2.45) is 0 Å². The molecule has 1 saturated heterocycles. The van der Waals surface area contributed by atoms with Gasteiger partial charge < -0.3 is 20.3 Å². The molecule has 2 amide bonds. The minimum absolute atomic E-state index is 0.0769. The molecule has 4 aromatic rings. The molecule has 1 aliphatic heterocycles. The lowest BCUT2D eigenvalue weighted by Gasteiger charge is -2.33. The monoisotopic (exact) mass is 583 g/mol. The Kier molecular flexibility index (Phi) is 8.09. The van der Waals surface area contributed by atoms with Crippen molar-refractivity contribution in [3.63, 3.8) is 0 Å². The zero-order chi connectivity index (χ0) is 29.1. The second-order valence-electron chi connectivity index (χ2n) is 9.50. The molecular weight excluding hydrogens is 559 g/mol. The van der Waals surface area contributed by atoms with Crippen molar-refractivity contribution in [3.8, 4) is 11.4 Å². The number of rotatable bonds is 8. The SMILES string of the molecule is COCC(=O)NCc1ccc(Cl)c(C(=O)Nc2ccc3c(N4CCC4)nc(-c4ccc(C(F)(F)F)cc4)nc3c2)c1. The number of ether oxygens (including phenoxy) is 1. The van der Waals surface area contributed by atoms with Crippen LogP contribution >= 0.6 is 11.6 Å². The zero-order valence-electron chi connectivity index (χ0n) is 21.9. The number of hydrogen-bond donors (Lipinski definition) is 2. The Bertz CT molecular complexity index is 1610. The number of benzene rings is 3. The van der Waals surface area contributed by atoms with E-state index in [0.29, 0.717) is 28.1 Å². The number of methoxy groups -OCH3 is 1. The highest BCUT2D eigenvalue weighted by Crippen LogP contribution is 2.34. The summed E-state index contributed by atoms with van der Waals surface area (Å²) in [7, 11) is 1.42. The number of alkyl halides is 3. The van der Waals surface area contributed by atoms with Crippen LogP contribution in [0.3, 0.4) is 0 Å². The van der Waals surface area contributed by atoms with Gasteiger partial charge in [0.25, 0.3) is 5.91 Å². The van der Waals surface area contributed by atoms with Gasteiger partial charge in [0.15, 0.2) is 5.82 Å². The summed E-state index contributed by atoms with van der Waals surface area (Å²) in [5.74, 6) is 0.211. The van der Waals surface area contributed by atoms with Gasteiger partial charge in [-0.05, 0) is 54.4 Å². The van der Waals surface area contributed by atoms with Crippen LogP contribution in [0.5, 0.6) is 0 Å².